The van der Waals surface area contributed by atoms with Gasteiger partial charge >= 0.3 is 5.97 Å². The van der Waals surface area contributed by atoms with E-state index >= 15 is 0 Å². The Morgan fingerprint density at radius 1 is 1.50 bits per heavy atom. The van der Waals surface area contributed by atoms with E-state index in [1.807, 2.05) is 0 Å². The molecular weight excluding hydrogens is 158 g/mol. The fourth-order valence-electron chi connectivity index (χ4n) is 0.610. The van der Waals surface area contributed by atoms with Crippen LogP contribution in [0.15, 0.2) is 19.2 Å². The van der Waals surface area contributed by atoms with Gasteiger partial charge in [-0.15, -0.1) is 0 Å². The summed E-state index contributed by atoms with van der Waals surface area (Å²) in [4.78, 5) is 21.9. The molecule has 0 unspecified atom stereocenters. The molecule has 0 aliphatic rings. The van der Waals surface area contributed by atoms with Gasteiger partial charge in [-0.2, -0.15) is 0 Å². The van der Waals surface area contributed by atoms with E-state index in [2.05, 4.69) is 26.3 Å². The van der Waals surface area contributed by atoms with Gasteiger partial charge in [0, 0.05) is 0 Å². The highest BCUT2D eigenvalue weighted by molar-refractivity contribution is 6.14. The summed E-state index contributed by atoms with van der Waals surface area (Å²) in [6.45, 7) is 3.47. The standard InChI is InChI=1S/C7H7N3O2/c1-5(7(11)12-2)6-9-3-8-4-10-6/h3-4H,1H2,2H3. The highest BCUT2D eigenvalue weighted by Crippen LogP contribution is 2.05. The van der Waals surface area contributed by atoms with Gasteiger partial charge in [-0.3, -0.25) is 0 Å². The Bertz CT molecular complexity index is 297. The minimum atomic E-state index is -0.541. The second-order valence-electron chi connectivity index (χ2n) is 1.93. The summed E-state index contributed by atoms with van der Waals surface area (Å²) in [5.74, 6) is -0.307. The van der Waals surface area contributed by atoms with Crippen LogP contribution in [0.1, 0.15) is 5.82 Å². The van der Waals surface area contributed by atoms with Crippen LogP contribution in [0.25, 0.3) is 5.57 Å². The first-order chi connectivity index (χ1) is 5.75. The van der Waals surface area contributed by atoms with Gasteiger partial charge in [0.05, 0.1) is 12.7 Å². The molecule has 0 spiro atoms. The number of hydrogen-bond acceptors (Lipinski definition) is 5. The molecular formula is C7H7N3O2. The van der Waals surface area contributed by atoms with Gasteiger partial charge < -0.3 is 4.74 Å². The molecule has 0 aromatic carbocycles. The average molecular weight is 165 g/mol. The van der Waals surface area contributed by atoms with Crippen LogP contribution >= 0.6 is 0 Å². The molecule has 0 saturated carbocycles. The first-order valence-corrected chi connectivity index (χ1v) is 3.15. The van der Waals surface area contributed by atoms with Crippen LogP contribution in [-0.2, 0) is 9.53 Å². The van der Waals surface area contributed by atoms with Crippen molar-refractivity contribution in [1.82, 2.24) is 15.0 Å². The summed E-state index contributed by atoms with van der Waals surface area (Å²) in [6.07, 6.45) is 2.58. The molecule has 0 radical (unpaired) electrons. The van der Waals surface area contributed by atoms with Gasteiger partial charge in [-0.25, -0.2) is 19.7 Å². The Hall–Kier alpha value is -1.78. The van der Waals surface area contributed by atoms with Crippen LogP contribution in [0, 0.1) is 0 Å². The van der Waals surface area contributed by atoms with Gasteiger partial charge in [-0.1, -0.05) is 6.58 Å². The fraction of sp³-hybridized carbons (Fsp3) is 0.143. The zero-order chi connectivity index (χ0) is 8.97. The van der Waals surface area contributed by atoms with Gasteiger partial charge in [0.25, 0.3) is 0 Å². The van der Waals surface area contributed by atoms with E-state index in [-0.39, 0.29) is 11.4 Å². The Labute approximate surface area is 69.1 Å². The third-order valence-electron chi connectivity index (χ3n) is 1.20. The van der Waals surface area contributed by atoms with Crippen molar-refractivity contribution in [2.75, 3.05) is 7.11 Å². The van der Waals surface area contributed by atoms with Crippen LogP contribution in [0.3, 0.4) is 0 Å². The Morgan fingerprint density at radius 3 is 2.58 bits per heavy atom. The van der Waals surface area contributed by atoms with Gasteiger partial charge in [0.2, 0.25) is 0 Å². The Morgan fingerprint density at radius 2 is 2.08 bits per heavy atom. The first-order valence-electron chi connectivity index (χ1n) is 3.15. The summed E-state index contributed by atoms with van der Waals surface area (Å²) in [7, 11) is 1.27. The minimum Gasteiger partial charge on any atom is -0.465 e. The SMILES string of the molecule is C=C(C(=O)OC)c1ncncn1. The summed E-state index contributed by atoms with van der Waals surface area (Å²) in [5.41, 5.74) is 0.125. The molecule has 0 bridgehead atoms. The van der Waals surface area contributed by atoms with Crippen molar-refractivity contribution in [3.8, 4) is 0 Å². The normalized spacial score (nSPS) is 9.08. The van der Waals surface area contributed by atoms with Gasteiger partial charge in [0.1, 0.15) is 12.7 Å². The van der Waals surface area contributed by atoms with Crippen molar-refractivity contribution < 1.29 is 9.53 Å². The molecule has 12 heavy (non-hydrogen) atoms. The monoisotopic (exact) mass is 165 g/mol. The molecule has 0 atom stereocenters. The van der Waals surface area contributed by atoms with E-state index in [1.165, 1.54) is 19.8 Å². The van der Waals surface area contributed by atoms with Crippen molar-refractivity contribution in [3.05, 3.63) is 25.1 Å². The molecule has 1 heterocycles. The lowest BCUT2D eigenvalue weighted by atomic mass is 10.3. The number of rotatable bonds is 2. The van der Waals surface area contributed by atoms with Crippen molar-refractivity contribution >= 4 is 11.5 Å². The second kappa shape index (κ2) is 3.56. The smallest absolute Gasteiger partial charge is 0.341 e. The molecule has 0 aliphatic heterocycles. The highest BCUT2D eigenvalue weighted by Gasteiger charge is 2.10. The summed E-state index contributed by atoms with van der Waals surface area (Å²) >= 11 is 0. The van der Waals surface area contributed by atoms with E-state index in [0.717, 1.165) is 0 Å². The average Bonchev–Trinajstić information content (AvgIpc) is 2.17. The first kappa shape index (κ1) is 8.32. The predicted octanol–water partition coefficient (Wildman–Crippen LogP) is 0.0578. The Balaban J connectivity index is 2.86. The maximum atomic E-state index is 10.9. The number of esters is 1. The lowest BCUT2D eigenvalue weighted by molar-refractivity contribution is -0.133. The topological polar surface area (TPSA) is 65.0 Å². The maximum Gasteiger partial charge on any atom is 0.341 e. The molecule has 5 nitrogen and oxygen atoms in total. The lowest BCUT2D eigenvalue weighted by Crippen LogP contribution is -2.05. The molecule has 0 aliphatic carbocycles. The van der Waals surface area contributed by atoms with E-state index in [1.54, 1.807) is 0 Å². The summed E-state index contributed by atoms with van der Waals surface area (Å²) in [5, 5.41) is 0. The van der Waals surface area contributed by atoms with Crippen molar-refractivity contribution in [2.24, 2.45) is 0 Å². The lowest BCUT2D eigenvalue weighted by Gasteiger charge is -1.99. The van der Waals surface area contributed by atoms with Crippen molar-refractivity contribution in [1.29, 1.82) is 0 Å². The zero-order valence-electron chi connectivity index (χ0n) is 6.52. The number of methoxy groups -OCH3 is 1. The molecule has 0 fully saturated rings. The summed E-state index contributed by atoms with van der Waals surface area (Å²) < 4.78 is 4.43. The van der Waals surface area contributed by atoms with Crippen LogP contribution in [0.4, 0.5) is 0 Å². The molecule has 0 saturated heterocycles. The molecule has 62 valence electrons. The summed E-state index contributed by atoms with van der Waals surface area (Å²) in [6, 6.07) is 0. The second-order valence-corrected chi connectivity index (χ2v) is 1.93. The van der Waals surface area contributed by atoms with Crippen LogP contribution in [0.5, 0.6) is 0 Å². The zero-order valence-corrected chi connectivity index (χ0v) is 6.52. The van der Waals surface area contributed by atoms with E-state index in [0.29, 0.717) is 0 Å². The minimum absolute atomic E-state index is 0.125. The number of ether oxygens (including phenoxy) is 1. The molecule has 1 aromatic rings. The van der Waals surface area contributed by atoms with Crippen LogP contribution in [-0.4, -0.2) is 28.0 Å². The molecule has 0 N–H and O–H groups in total. The number of aromatic nitrogens is 3. The Kier molecular flexibility index (Phi) is 2.47. The van der Waals surface area contributed by atoms with E-state index in [4.69, 9.17) is 0 Å². The highest BCUT2D eigenvalue weighted by atomic mass is 16.5. The predicted molar refractivity (Wildman–Crippen MR) is 40.9 cm³/mol. The number of carbonyl (C=O) groups is 1. The number of nitrogens with zero attached hydrogens (tertiary/aromatic N) is 3. The fourth-order valence-corrected chi connectivity index (χ4v) is 0.610. The van der Waals surface area contributed by atoms with Crippen LogP contribution in [0.2, 0.25) is 0 Å². The quantitative estimate of drug-likeness (QED) is 0.458. The van der Waals surface area contributed by atoms with Crippen LogP contribution < -0.4 is 0 Å². The van der Waals surface area contributed by atoms with E-state index in [9.17, 15) is 4.79 Å². The molecule has 5 heteroatoms. The maximum absolute atomic E-state index is 10.9. The third-order valence-corrected chi connectivity index (χ3v) is 1.20. The molecule has 1 aromatic heterocycles. The molecule has 1 rings (SSSR count). The third kappa shape index (κ3) is 1.63. The largest absolute Gasteiger partial charge is 0.465 e. The van der Waals surface area contributed by atoms with Gasteiger partial charge in [-0.05, 0) is 0 Å². The number of carbonyl (C=O) groups excluding carboxylic acids is 1. The van der Waals surface area contributed by atoms with E-state index < -0.39 is 5.97 Å². The van der Waals surface area contributed by atoms with Crippen molar-refractivity contribution in [3.63, 3.8) is 0 Å². The van der Waals surface area contributed by atoms with Crippen molar-refractivity contribution in [2.45, 2.75) is 0 Å². The number of hydrogen-bond donors (Lipinski definition) is 0. The van der Waals surface area contributed by atoms with Gasteiger partial charge in [0.15, 0.2) is 5.82 Å². The molecule has 0 amide bonds.